The SMILES string of the molecule is Cc1nc(N)nnc1-c1ccc(C(F)(F)F)cc1O. The number of halogens is 3. The Morgan fingerprint density at radius 3 is 2.42 bits per heavy atom. The van der Waals surface area contributed by atoms with E-state index in [-0.39, 0.29) is 17.2 Å². The minimum atomic E-state index is -4.52. The number of hydrogen-bond acceptors (Lipinski definition) is 5. The van der Waals surface area contributed by atoms with E-state index in [1.54, 1.807) is 6.92 Å². The van der Waals surface area contributed by atoms with Crippen molar-refractivity contribution >= 4 is 5.95 Å². The van der Waals surface area contributed by atoms with E-state index in [0.29, 0.717) is 11.8 Å². The molecule has 0 aliphatic carbocycles. The number of aromatic hydroxyl groups is 1. The molecule has 0 saturated carbocycles. The zero-order valence-electron chi connectivity index (χ0n) is 9.73. The van der Waals surface area contributed by atoms with Gasteiger partial charge in [-0.15, -0.1) is 10.2 Å². The molecular formula is C11H9F3N4O. The van der Waals surface area contributed by atoms with Crippen molar-refractivity contribution in [1.82, 2.24) is 15.2 Å². The average molecular weight is 270 g/mol. The highest BCUT2D eigenvalue weighted by Gasteiger charge is 2.31. The first kappa shape index (κ1) is 13.1. The van der Waals surface area contributed by atoms with Crippen molar-refractivity contribution in [3.63, 3.8) is 0 Å². The molecule has 2 rings (SSSR count). The molecule has 100 valence electrons. The van der Waals surface area contributed by atoms with Gasteiger partial charge in [-0.05, 0) is 25.1 Å². The van der Waals surface area contributed by atoms with Gasteiger partial charge in [-0.3, -0.25) is 0 Å². The Morgan fingerprint density at radius 1 is 1.21 bits per heavy atom. The molecule has 0 amide bonds. The van der Waals surface area contributed by atoms with Gasteiger partial charge in [0.25, 0.3) is 0 Å². The third-order valence-electron chi connectivity index (χ3n) is 2.46. The lowest BCUT2D eigenvalue weighted by Crippen LogP contribution is -2.05. The van der Waals surface area contributed by atoms with Gasteiger partial charge in [0.05, 0.1) is 11.3 Å². The molecule has 0 fully saturated rings. The summed E-state index contributed by atoms with van der Waals surface area (Å²) in [6, 6.07) is 2.60. The number of phenols is 1. The molecule has 2 aromatic rings. The van der Waals surface area contributed by atoms with Gasteiger partial charge in [-0.2, -0.15) is 13.2 Å². The van der Waals surface area contributed by atoms with Crippen LogP contribution in [0.4, 0.5) is 19.1 Å². The van der Waals surface area contributed by atoms with Crippen LogP contribution in [0.2, 0.25) is 0 Å². The monoisotopic (exact) mass is 270 g/mol. The number of nitrogens with zero attached hydrogens (tertiary/aromatic N) is 3. The van der Waals surface area contributed by atoms with E-state index in [4.69, 9.17) is 5.73 Å². The molecule has 0 bridgehead atoms. The van der Waals surface area contributed by atoms with E-state index < -0.39 is 17.5 Å². The Kier molecular flexibility index (Phi) is 3.01. The molecule has 0 atom stereocenters. The highest BCUT2D eigenvalue weighted by Crippen LogP contribution is 2.36. The summed E-state index contributed by atoms with van der Waals surface area (Å²) in [6.45, 7) is 1.57. The third-order valence-corrected chi connectivity index (χ3v) is 2.46. The molecule has 0 unspecified atom stereocenters. The van der Waals surface area contributed by atoms with Crippen LogP contribution < -0.4 is 5.73 Å². The lowest BCUT2D eigenvalue weighted by molar-refractivity contribution is -0.137. The normalized spacial score (nSPS) is 11.6. The van der Waals surface area contributed by atoms with Crippen LogP contribution in [0.1, 0.15) is 11.3 Å². The fourth-order valence-electron chi connectivity index (χ4n) is 1.58. The molecule has 19 heavy (non-hydrogen) atoms. The Hall–Kier alpha value is -2.38. The number of anilines is 1. The van der Waals surface area contributed by atoms with Gasteiger partial charge in [0, 0.05) is 5.56 Å². The minimum Gasteiger partial charge on any atom is -0.507 e. The van der Waals surface area contributed by atoms with Crippen LogP contribution in [0.15, 0.2) is 18.2 Å². The summed E-state index contributed by atoms with van der Waals surface area (Å²) >= 11 is 0. The summed E-state index contributed by atoms with van der Waals surface area (Å²) in [6.07, 6.45) is -4.52. The van der Waals surface area contributed by atoms with E-state index in [2.05, 4.69) is 15.2 Å². The third kappa shape index (κ3) is 2.56. The molecule has 0 radical (unpaired) electrons. The number of nitrogens with two attached hydrogens (primary N) is 1. The van der Waals surface area contributed by atoms with Gasteiger partial charge >= 0.3 is 6.18 Å². The van der Waals surface area contributed by atoms with Crippen molar-refractivity contribution in [2.24, 2.45) is 0 Å². The summed E-state index contributed by atoms with van der Waals surface area (Å²) < 4.78 is 37.4. The van der Waals surface area contributed by atoms with Crippen molar-refractivity contribution in [3.8, 4) is 17.0 Å². The Morgan fingerprint density at radius 2 is 1.89 bits per heavy atom. The quantitative estimate of drug-likeness (QED) is 0.829. The van der Waals surface area contributed by atoms with E-state index >= 15 is 0 Å². The number of rotatable bonds is 1. The Labute approximate surface area is 105 Å². The van der Waals surface area contributed by atoms with Gasteiger partial charge < -0.3 is 10.8 Å². The largest absolute Gasteiger partial charge is 0.507 e. The molecular weight excluding hydrogens is 261 g/mol. The predicted octanol–water partition coefficient (Wildman–Crippen LogP) is 2.15. The van der Waals surface area contributed by atoms with Gasteiger partial charge in [0.15, 0.2) is 0 Å². The van der Waals surface area contributed by atoms with Crippen molar-refractivity contribution in [1.29, 1.82) is 0 Å². The predicted molar refractivity (Wildman–Crippen MR) is 61.1 cm³/mol. The number of aromatic nitrogens is 3. The number of alkyl halides is 3. The molecule has 0 aliphatic rings. The van der Waals surface area contributed by atoms with E-state index in [0.717, 1.165) is 12.1 Å². The zero-order valence-corrected chi connectivity index (χ0v) is 9.73. The van der Waals surface area contributed by atoms with Gasteiger partial charge in [0.2, 0.25) is 5.95 Å². The molecule has 5 nitrogen and oxygen atoms in total. The van der Waals surface area contributed by atoms with E-state index in [1.165, 1.54) is 0 Å². The number of nitrogen functional groups attached to an aromatic ring is 1. The molecule has 1 aromatic carbocycles. The second kappa shape index (κ2) is 4.38. The van der Waals surface area contributed by atoms with Gasteiger partial charge in [0.1, 0.15) is 11.4 Å². The molecule has 1 heterocycles. The number of aryl methyl sites for hydroxylation is 1. The van der Waals surface area contributed by atoms with Crippen LogP contribution >= 0.6 is 0 Å². The van der Waals surface area contributed by atoms with E-state index in [1.807, 2.05) is 0 Å². The summed E-state index contributed by atoms with van der Waals surface area (Å²) in [5.74, 6) is -0.591. The average Bonchev–Trinajstić information content (AvgIpc) is 2.28. The first-order valence-electron chi connectivity index (χ1n) is 5.16. The van der Waals surface area contributed by atoms with Crippen molar-refractivity contribution in [3.05, 3.63) is 29.5 Å². The van der Waals surface area contributed by atoms with E-state index in [9.17, 15) is 18.3 Å². The maximum atomic E-state index is 12.5. The van der Waals surface area contributed by atoms with Gasteiger partial charge in [-0.1, -0.05) is 0 Å². The van der Waals surface area contributed by atoms with Crippen molar-refractivity contribution < 1.29 is 18.3 Å². The smallest absolute Gasteiger partial charge is 0.416 e. The fourth-order valence-corrected chi connectivity index (χ4v) is 1.58. The van der Waals surface area contributed by atoms with Crippen LogP contribution in [0.5, 0.6) is 5.75 Å². The maximum absolute atomic E-state index is 12.5. The summed E-state index contributed by atoms with van der Waals surface area (Å²) in [5, 5.41) is 16.9. The van der Waals surface area contributed by atoms with Crippen molar-refractivity contribution in [2.75, 3.05) is 5.73 Å². The Bertz CT molecular complexity index is 628. The lowest BCUT2D eigenvalue weighted by Gasteiger charge is -2.10. The summed E-state index contributed by atoms with van der Waals surface area (Å²) in [5.41, 5.74) is 5.05. The first-order chi connectivity index (χ1) is 8.79. The lowest BCUT2D eigenvalue weighted by atomic mass is 10.1. The fraction of sp³-hybridized carbons (Fsp3) is 0.182. The molecule has 1 aromatic heterocycles. The highest BCUT2D eigenvalue weighted by atomic mass is 19.4. The van der Waals surface area contributed by atoms with Crippen LogP contribution in [0.25, 0.3) is 11.3 Å². The second-order valence-electron chi connectivity index (χ2n) is 3.83. The minimum absolute atomic E-state index is 0.0485. The summed E-state index contributed by atoms with van der Waals surface area (Å²) in [4.78, 5) is 3.83. The van der Waals surface area contributed by atoms with Crippen LogP contribution in [0, 0.1) is 6.92 Å². The molecule has 0 spiro atoms. The molecule has 0 aliphatic heterocycles. The zero-order chi connectivity index (χ0) is 14.2. The maximum Gasteiger partial charge on any atom is 0.416 e. The topological polar surface area (TPSA) is 84.9 Å². The first-order valence-corrected chi connectivity index (χ1v) is 5.16. The van der Waals surface area contributed by atoms with Crippen molar-refractivity contribution in [2.45, 2.75) is 13.1 Å². The van der Waals surface area contributed by atoms with Crippen LogP contribution in [-0.2, 0) is 6.18 Å². The molecule has 0 saturated heterocycles. The molecule has 8 heteroatoms. The Balaban J connectivity index is 2.52. The van der Waals surface area contributed by atoms with Crippen LogP contribution in [0.3, 0.4) is 0 Å². The van der Waals surface area contributed by atoms with Gasteiger partial charge in [-0.25, -0.2) is 4.98 Å². The number of hydrogen-bond donors (Lipinski definition) is 2. The molecule has 3 N–H and O–H groups in total. The van der Waals surface area contributed by atoms with Crippen LogP contribution in [-0.4, -0.2) is 20.3 Å². The summed E-state index contributed by atoms with van der Waals surface area (Å²) in [7, 11) is 0. The number of benzene rings is 1. The second-order valence-corrected chi connectivity index (χ2v) is 3.83. The highest BCUT2D eigenvalue weighted by molar-refractivity contribution is 5.69. The standard InChI is InChI=1S/C11H9F3N4O/c1-5-9(17-18-10(15)16-5)7-3-2-6(4-8(7)19)11(12,13)14/h2-4,19H,1H3,(H2,15,16,18). The number of phenolic OH excluding ortho intramolecular Hbond substituents is 1.